The lowest BCUT2D eigenvalue weighted by Crippen LogP contribution is -2.54. The van der Waals surface area contributed by atoms with Crippen molar-refractivity contribution in [2.45, 2.75) is 38.1 Å². The molecule has 0 radical (unpaired) electrons. The van der Waals surface area contributed by atoms with E-state index < -0.39 is 5.54 Å². The number of amides is 1. The minimum atomic E-state index is -0.859. The van der Waals surface area contributed by atoms with Crippen LogP contribution in [0.25, 0.3) is 0 Å². The van der Waals surface area contributed by atoms with Crippen molar-refractivity contribution in [3.05, 3.63) is 0 Å². The van der Waals surface area contributed by atoms with E-state index in [9.17, 15) is 15.0 Å². The van der Waals surface area contributed by atoms with Gasteiger partial charge in [-0.25, -0.2) is 0 Å². The number of nitrogens with one attached hydrogen (secondary N) is 1. The van der Waals surface area contributed by atoms with Gasteiger partial charge in [-0.1, -0.05) is 6.92 Å². The number of aliphatic hydroxyl groups excluding tert-OH is 2. The van der Waals surface area contributed by atoms with E-state index in [2.05, 4.69) is 10.2 Å². The van der Waals surface area contributed by atoms with E-state index in [0.29, 0.717) is 12.8 Å². The highest BCUT2D eigenvalue weighted by molar-refractivity contribution is 5.77. The summed E-state index contributed by atoms with van der Waals surface area (Å²) in [6.45, 7) is 4.30. The van der Waals surface area contributed by atoms with E-state index in [1.54, 1.807) is 0 Å². The number of rotatable bonds is 7. The minimum absolute atomic E-state index is 0.0955. The molecule has 0 unspecified atom stereocenters. The van der Waals surface area contributed by atoms with Crippen LogP contribution in [0.1, 0.15) is 32.6 Å². The summed E-state index contributed by atoms with van der Waals surface area (Å²) in [5, 5.41) is 21.2. The monoisotopic (exact) mass is 244 g/mol. The Hall–Kier alpha value is -0.650. The summed E-state index contributed by atoms with van der Waals surface area (Å²) in [5.41, 5.74) is -0.859. The quantitative estimate of drug-likeness (QED) is 0.576. The van der Waals surface area contributed by atoms with Gasteiger partial charge in [0.2, 0.25) is 5.91 Å². The summed E-state index contributed by atoms with van der Waals surface area (Å²) in [5.74, 6) is -0.0955. The third kappa shape index (κ3) is 4.26. The highest BCUT2D eigenvalue weighted by Gasteiger charge is 2.28. The van der Waals surface area contributed by atoms with Crippen LogP contribution >= 0.6 is 0 Å². The molecule has 1 heterocycles. The summed E-state index contributed by atoms with van der Waals surface area (Å²) in [4.78, 5) is 14.0. The first-order valence-electron chi connectivity index (χ1n) is 6.41. The molecule has 3 N–H and O–H groups in total. The van der Waals surface area contributed by atoms with Crippen molar-refractivity contribution in [2.24, 2.45) is 0 Å². The van der Waals surface area contributed by atoms with Crippen LogP contribution in [-0.2, 0) is 4.79 Å². The first kappa shape index (κ1) is 14.4. The van der Waals surface area contributed by atoms with Crippen molar-refractivity contribution >= 4 is 5.91 Å². The molecule has 0 aromatic heterocycles. The number of carbonyl (C=O) groups excluding carboxylic acids is 1. The van der Waals surface area contributed by atoms with Crippen molar-refractivity contribution in [1.29, 1.82) is 0 Å². The Morgan fingerprint density at radius 3 is 2.35 bits per heavy atom. The third-order valence-electron chi connectivity index (χ3n) is 3.54. The zero-order valence-corrected chi connectivity index (χ0v) is 10.6. The van der Waals surface area contributed by atoms with Crippen LogP contribution in [0.4, 0.5) is 0 Å². The van der Waals surface area contributed by atoms with Gasteiger partial charge in [-0.05, 0) is 32.4 Å². The minimum Gasteiger partial charge on any atom is -0.394 e. The number of nitrogens with zero attached hydrogens (tertiary/aromatic N) is 1. The second kappa shape index (κ2) is 6.93. The maximum Gasteiger partial charge on any atom is 0.221 e. The van der Waals surface area contributed by atoms with Crippen LogP contribution < -0.4 is 5.32 Å². The maximum absolute atomic E-state index is 11.7. The molecule has 0 spiro atoms. The number of likely N-dealkylation sites (tertiary alicyclic amines) is 1. The van der Waals surface area contributed by atoms with Crippen molar-refractivity contribution in [2.75, 3.05) is 32.8 Å². The van der Waals surface area contributed by atoms with Gasteiger partial charge >= 0.3 is 0 Å². The Morgan fingerprint density at radius 2 is 1.88 bits per heavy atom. The Balaban J connectivity index is 2.31. The molecule has 1 amide bonds. The van der Waals surface area contributed by atoms with E-state index in [4.69, 9.17) is 0 Å². The zero-order valence-electron chi connectivity index (χ0n) is 10.6. The van der Waals surface area contributed by atoms with Gasteiger partial charge in [0, 0.05) is 13.0 Å². The lowest BCUT2D eigenvalue weighted by molar-refractivity contribution is -0.124. The predicted molar refractivity (Wildman–Crippen MR) is 65.6 cm³/mol. The molecule has 0 aromatic rings. The fraction of sp³-hybridized carbons (Fsp3) is 0.917. The lowest BCUT2D eigenvalue weighted by Gasteiger charge is -2.30. The number of aliphatic hydroxyl groups is 2. The van der Waals surface area contributed by atoms with Crippen LogP contribution in [0.3, 0.4) is 0 Å². The third-order valence-corrected chi connectivity index (χ3v) is 3.54. The summed E-state index contributed by atoms with van der Waals surface area (Å²) in [6.07, 6.45) is 3.39. The summed E-state index contributed by atoms with van der Waals surface area (Å²) in [6, 6.07) is 0. The van der Waals surface area contributed by atoms with E-state index in [0.717, 1.165) is 19.6 Å². The molecule has 0 aliphatic carbocycles. The number of carbonyl (C=O) groups is 1. The first-order chi connectivity index (χ1) is 8.15. The Bertz CT molecular complexity index is 228. The smallest absolute Gasteiger partial charge is 0.221 e. The van der Waals surface area contributed by atoms with Crippen LogP contribution in [0.2, 0.25) is 0 Å². The van der Waals surface area contributed by atoms with Gasteiger partial charge in [0.1, 0.15) is 0 Å². The molecule has 100 valence electrons. The molecule has 17 heavy (non-hydrogen) atoms. The molecular weight excluding hydrogens is 220 g/mol. The van der Waals surface area contributed by atoms with Gasteiger partial charge in [0.25, 0.3) is 0 Å². The van der Waals surface area contributed by atoms with Crippen molar-refractivity contribution in [3.8, 4) is 0 Å². The van der Waals surface area contributed by atoms with Crippen LogP contribution in [0.5, 0.6) is 0 Å². The molecule has 0 atom stereocenters. The van der Waals surface area contributed by atoms with Crippen LogP contribution in [0.15, 0.2) is 0 Å². The topological polar surface area (TPSA) is 72.8 Å². The molecule has 1 fully saturated rings. The van der Waals surface area contributed by atoms with Gasteiger partial charge < -0.3 is 20.4 Å². The lowest BCUT2D eigenvalue weighted by atomic mass is 9.98. The van der Waals surface area contributed by atoms with Gasteiger partial charge in [0.15, 0.2) is 0 Å². The molecule has 1 aliphatic heterocycles. The Labute approximate surface area is 103 Å². The van der Waals surface area contributed by atoms with E-state index >= 15 is 0 Å². The highest BCUT2D eigenvalue weighted by atomic mass is 16.3. The molecule has 5 nitrogen and oxygen atoms in total. The van der Waals surface area contributed by atoms with Gasteiger partial charge in [0.05, 0.1) is 18.8 Å². The van der Waals surface area contributed by atoms with Crippen molar-refractivity contribution < 1.29 is 15.0 Å². The molecule has 5 heteroatoms. The van der Waals surface area contributed by atoms with Crippen molar-refractivity contribution in [1.82, 2.24) is 10.2 Å². The van der Waals surface area contributed by atoms with Crippen LogP contribution in [-0.4, -0.2) is 59.4 Å². The number of hydrogen-bond acceptors (Lipinski definition) is 4. The molecule has 0 bridgehead atoms. The molecule has 1 rings (SSSR count). The average Bonchev–Trinajstić information content (AvgIpc) is 2.87. The first-order valence-corrected chi connectivity index (χ1v) is 6.41. The van der Waals surface area contributed by atoms with Gasteiger partial charge in [-0.3, -0.25) is 4.79 Å². The molecule has 1 aliphatic rings. The Kier molecular flexibility index (Phi) is 5.88. The van der Waals surface area contributed by atoms with E-state index in [-0.39, 0.29) is 19.1 Å². The Morgan fingerprint density at radius 1 is 1.29 bits per heavy atom. The maximum atomic E-state index is 11.7. The van der Waals surface area contributed by atoms with Crippen LogP contribution in [0, 0.1) is 0 Å². The molecule has 1 saturated heterocycles. The molecule has 0 saturated carbocycles. The zero-order chi connectivity index (χ0) is 12.7. The van der Waals surface area contributed by atoms with E-state index in [1.807, 2.05) is 6.92 Å². The molecular formula is C12H24N2O3. The summed E-state index contributed by atoms with van der Waals surface area (Å²) < 4.78 is 0. The SMILES string of the molecule is CCC(CO)(CO)NC(=O)CCN1CCCC1. The van der Waals surface area contributed by atoms with Crippen molar-refractivity contribution in [3.63, 3.8) is 0 Å². The van der Waals surface area contributed by atoms with E-state index in [1.165, 1.54) is 12.8 Å². The fourth-order valence-electron chi connectivity index (χ4n) is 2.07. The summed E-state index contributed by atoms with van der Waals surface area (Å²) >= 11 is 0. The number of hydrogen-bond donors (Lipinski definition) is 3. The average molecular weight is 244 g/mol. The summed E-state index contributed by atoms with van der Waals surface area (Å²) in [7, 11) is 0. The predicted octanol–water partition coefficient (Wildman–Crippen LogP) is -0.278. The van der Waals surface area contributed by atoms with Gasteiger partial charge in [-0.2, -0.15) is 0 Å². The largest absolute Gasteiger partial charge is 0.394 e. The second-order valence-corrected chi connectivity index (χ2v) is 4.80. The highest BCUT2D eigenvalue weighted by Crippen LogP contribution is 2.10. The standard InChI is InChI=1S/C12H24N2O3/c1-2-12(9-15,10-16)13-11(17)5-8-14-6-3-4-7-14/h15-16H,2-10H2,1H3,(H,13,17). The van der Waals surface area contributed by atoms with Gasteiger partial charge in [-0.15, -0.1) is 0 Å². The molecule has 0 aromatic carbocycles. The fourth-order valence-corrected chi connectivity index (χ4v) is 2.07. The normalized spacial score (nSPS) is 17.4. The second-order valence-electron chi connectivity index (χ2n) is 4.80.